The molecule has 1 heterocycles. The van der Waals surface area contributed by atoms with E-state index in [1.807, 2.05) is 6.07 Å². The van der Waals surface area contributed by atoms with Crippen LogP contribution in [0.25, 0.3) is 11.0 Å². The van der Waals surface area contributed by atoms with E-state index in [0.29, 0.717) is 5.92 Å². The molecular weight excluding hydrogens is 234 g/mol. The van der Waals surface area contributed by atoms with Crippen molar-refractivity contribution in [2.24, 2.45) is 24.6 Å². The first kappa shape index (κ1) is 12.7. The minimum absolute atomic E-state index is 0.250. The van der Waals surface area contributed by atoms with Crippen molar-refractivity contribution in [3.8, 4) is 0 Å². The number of rotatable bonds is 3. The fraction of sp³-hybridized carbons (Fsp3) is 0.562. The summed E-state index contributed by atoms with van der Waals surface area (Å²) in [4.78, 5) is 4.73. The first-order valence-corrected chi connectivity index (χ1v) is 7.31. The molecule has 1 aliphatic rings. The van der Waals surface area contributed by atoms with E-state index < -0.39 is 0 Å². The number of nitrogens with two attached hydrogens (primary N) is 1. The number of fused-ring (bicyclic) bond motifs is 1. The van der Waals surface area contributed by atoms with Crippen LogP contribution in [0.2, 0.25) is 0 Å². The molecule has 1 fully saturated rings. The Hall–Kier alpha value is -1.35. The van der Waals surface area contributed by atoms with Crippen LogP contribution in [0.1, 0.15) is 32.0 Å². The number of hydrogen-bond donors (Lipinski definition) is 1. The Bertz CT molecular complexity index is 572. The third-order valence-electron chi connectivity index (χ3n) is 4.64. The van der Waals surface area contributed by atoms with Gasteiger partial charge in [0.2, 0.25) is 0 Å². The van der Waals surface area contributed by atoms with Crippen LogP contribution in [0.15, 0.2) is 24.3 Å². The summed E-state index contributed by atoms with van der Waals surface area (Å²) in [7, 11) is 2.09. The molecule has 1 aromatic heterocycles. The van der Waals surface area contributed by atoms with Gasteiger partial charge >= 0.3 is 0 Å². The van der Waals surface area contributed by atoms with Gasteiger partial charge in [-0.15, -0.1) is 0 Å². The molecule has 3 rings (SSSR count). The van der Waals surface area contributed by atoms with Crippen molar-refractivity contribution in [3.05, 3.63) is 30.1 Å². The molecule has 2 N–H and O–H groups in total. The predicted octanol–water partition coefficient (Wildman–Crippen LogP) is 2.88. The van der Waals surface area contributed by atoms with Gasteiger partial charge in [-0.05, 0) is 36.8 Å². The van der Waals surface area contributed by atoms with Gasteiger partial charge in [-0.1, -0.05) is 25.5 Å². The second-order valence-corrected chi connectivity index (χ2v) is 6.12. The van der Waals surface area contributed by atoms with Gasteiger partial charge in [-0.2, -0.15) is 0 Å². The number of imidazole rings is 1. The second-order valence-electron chi connectivity index (χ2n) is 6.12. The summed E-state index contributed by atoms with van der Waals surface area (Å²) in [5.74, 6) is 2.64. The zero-order chi connectivity index (χ0) is 13.4. The SMILES string of the molecule is CC1CCC(C(N)Cc2nc3ccccc3n2C)C1. The van der Waals surface area contributed by atoms with Crippen LogP contribution < -0.4 is 5.73 Å². The first-order chi connectivity index (χ1) is 9.15. The summed E-state index contributed by atoms with van der Waals surface area (Å²) in [6.45, 7) is 2.34. The van der Waals surface area contributed by atoms with Crippen LogP contribution in [0.4, 0.5) is 0 Å². The number of nitrogens with zero attached hydrogens (tertiary/aromatic N) is 2. The fourth-order valence-corrected chi connectivity index (χ4v) is 3.40. The Morgan fingerprint density at radius 3 is 2.84 bits per heavy atom. The molecule has 3 unspecified atom stereocenters. The highest BCUT2D eigenvalue weighted by molar-refractivity contribution is 5.75. The lowest BCUT2D eigenvalue weighted by atomic mass is 9.95. The van der Waals surface area contributed by atoms with E-state index in [9.17, 15) is 0 Å². The van der Waals surface area contributed by atoms with E-state index in [1.54, 1.807) is 0 Å². The Labute approximate surface area is 114 Å². The second kappa shape index (κ2) is 4.97. The number of aromatic nitrogens is 2. The first-order valence-electron chi connectivity index (χ1n) is 7.31. The van der Waals surface area contributed by atoms with Crippen LogP contribution >= 0.6 is 0 Å². The van der Waals surface area contributed by atoms with E-state index in [-0.39, 0.29) is 6.04 Å². The summed E-state index contributed by atoms with van der Waals surface area (Å²) >= 11 is 0. The van der Waals surface area contributed by atoms with E-state index >= 15 is 0 Å². The van der Waals surface area contributed by atoms with Crippen LogP contribution in [0, 0.1) is 11.8 Å². The lowest BCUT2D eigenvalue weighted by Crippen LogP contribution is -2.31. The average Bonchev–Trinajstić information content (AvgIpc) is 2.96. The highest BCUT2D eigenvalue weighted by atomic mass is 15.1. The summed E-state index contributed by atoms with van der Waals surface area (Å²) in [5, 5.41) is 0. The Kier molecular flexibility index (Phi) is 3.31. The maximum absolute atomic E-state index is 6.41. The monoisotopic (exact) mass is 257 g/mol. The minimum Gasteiger partial charge on any atom is -0.331 e. The third-order valence-corrected chi connectivity index (χ3v) is 4.64. The quantitative estimate of drug-likeness (QED) is 0.919. The van der Waals surface area contributed by atoms with Gasteiger partial charge in [0.25, 0.3) is 0 Å². The zero-order valence-corrected chi connectivity index (χ0v) is 11.8. The molecule has 2 aromatic rings. The number of aryl methyl sites for hydroxylation is 1. The maximum atomic E-state index is 6.41. The zero-order valence-electron chi connectivity index (χ0n) is 11.8. The topological polar surface area (TPSA) is 43.8 Å². The van der Waals surface area contributed by atoms with E-state index in [1.165, 1.54) is 24.8 Å². The Morgan fingerprint density at radius 2 is 2.16 bits per heavy atom. The molecule has 3 nitrogen and oxygen atoms in total. The summed E-state index contributed by atoms with van der Waals surface area (Å²) in [6, 6.07) is 8.54. The van der Waals surface area contributed by atoms with E-state index in [2.05, 4.69) is 36.7 Å². The van der Waals surface area contributed by atoms with Gasteiger partial charge in [0.1, 0.15) is 5.82 Å². The largest absolute Gasteiger partial charge is 0.331 e. The van der Waals surface area contributed by atoms with Crippen LogP contribution in [-0.2, 0) is 13.5 Å². The molecule has 102 valence electrons. The molecule has 0 spiro atoms. The van der Waals surface area contributed by atoms with Gasteiger partial charge in [-0.3, -0.25) is 0 Å². The molecule has 0 amide bonds. The third kappa shape index (κ3) is 2.39. The standard InChI is InChI=1S/C16H23N3/c1-11-7-8-12(9-11)13(17)10-16-18-14-5-3-4-6-15(14)19(16)2/h3-6,11-13H,7-10,17H2,1-2H3. The molecule has 1 saturated carbocycles. The van der Waals surface area contributed by atoms with Gasteiger partial charge in [0, 0.05) is 19.5 Å². The van der Waals surface area contributed by atoms with E-state index in [4.69, 9.17) is 10.7 Å². The van der Waals surface area contributed by atoms with Crippen LogP contribution in [0.5, 0.6) is 0 Å². The van der Waals surface area contributed by atoms with Crippen molar-refractivity contribution in [2.45, 2.75) is 38.6 Å². The molecule has 3 heteroatoms. The normalized spacial score (nSPS) is 25.0. The Balaban J connectivity index is 1.79. The van der Waals surface area contributed by atoms with Gasteiger partial charge < -0.3 is 10.3 Å². The molecule has 1 aromatic carbocycles. The molecule has 1 aliphatic carbocycles. The molecule has 19 heavy (non-hydrogen) atoms. The minimum atomic E-state index is 0.250. The van der Waals surface area contributed by atoms with Crippen molar-refractivity contribution in [3.63, 3.8) is 0 Å². The van der Waals surface area contributed by atoms with Gasteiger partial charge in [-0.25, -0.2) is 4.98 Å². The number of hydrogen-bond acceptors (Lipinski definition) is 2. The van der Waals surface area contributed by atoms with Crippen molar-refractivity contribution in [2.75, 3.05) is 0 Å². The van der Waals surface area contributed by atoms with Gasteiger partial charge in [0.15, 0.2) is 0 Å². The van der Waals surface area contributed by atoms with Crippen LogP contribution in [0.3, 0.4) is 0 Å². The lowest BCUT2D eigenvalue weighted by molar-refractivity contribution is 0.408. The smallest absolute Gasteiger partial charge is 0.111 e. The van der Waals surface area contributed by atoms with Crippen molar-refractivity contribution in [1.29, 1.82) is 0 Å². The fourth-order valence-electron chi connectivity index (χ4n) is 3.40. The van der Waals surface area contributed by atoms with Crippen LogP contribution in [-0.4, -0.2) is 15.6 Å². The summed E-state index contributed by atoms with van der Waals surface area (Å²) < 4.78 is 2.19. The average molecular weight is 257 g/mol. The molecule has 0 aliphatic heterocycles. The predicted molar refractivity (Wildman–Crippen MR) is 78.9 cm³/mol. The molecule has 0 saturated heterocycles. The van der Waals surface area contributed by atoms with Crippen molar-refractivity contribution in [1.82, 2.24) is 9.55 Å². The summed E-state index contributed by atoms with van der Waals surface area (Å²) in [6.07, 6.45) is 4.79. The summed E-state index contributed by atoms with van der Waals surface area (Å²) in [5.41, 5.74) is 8.69. The van der Waals surface area contributed by atoms with Gasteiger partial charge in [0.05, 0.1) is 11.0 Å². The number of para-hydroxylation sites is 2. The lowest BCUT2D eigenvalue weighted by Gasteiger charge is -2.18. The highest BCUT2D eigenvalue weighted by Gasteiger charge is 2.27. The van der Waals surface area contributed by atoms with Crippen molar-refractivity contribution >= 4 is 11.0 Å². The highest BCUT2D eigenvalue weighted by Crippen LogP contribution is 2.33. The molecular formula is C16H23N3. The Morgan fingerprint density at radius 1 is 1.37 bits per heavy atom. The molecule has 3 atom stereocenters. The number of benzene rings is 1. The molecule has 0 radical (unpaired) electrons. The molecule has 0 bridgehead atoms. The van der Waals surface area contributed by atoms with Crippen molar-refractivity contribution < 1.29 is 0 Å². The van der Waals surface area contributed by atoms with E-state index in [0.717, 1.165) is 23.7 Å². The maximum Gasteiger partial charge on any atom is 0.111 e.